The van der Waals surface area contributed by atoms with Gasteiger partial charge in [-0.25, -0.2) is 9.59 Å². The Bertz CT molecular complexity index is 553. The Balaban J connectivity index is 1.64. The molecule has 2 aliphatic rings. The lowest BCUT2D eigenvalue weighted by molar-refractivity contribution is 0.0983. The van der Waals surface area contributed by atoms with Crippen LogP contribution in [0.5, 0.6) is 0 Å². The standard InChI is InChI=1S/C15H19N3O3/c1-21-15(20)17-10-8-16(9-11-17)14(19)18-7-6-12-4-2-3-5-13(12)18/h2-5H,6-11H2,1H3. The smallest absolute Gasteiger partial charge is 0.409 e. The molecule has 0 N–H and O–H groups in total. The maximum atomic E-state index is 12.6. The summed E-state index contributed by atoms with van der Waals surface area (Å²) in [5, 5.41) is 0. The molecule has 0 saturated carbocycles. The van der Waals surface area contributed by atoms with Crippen LogP contribution in [-0.2, 0) is 11.2 Å². The van der Waals surface area contributed by atoms with Crippen LogP contribution in [-0.4, -0.2) is 61.8 Å². The van der Waals surface area contributed by atoms with Gasteiger partial charge in [-0.3, -0.25) is 4.90 Å². The molecule has 3 amide bonds. The molecule has 0 atom stereocenters. The van der Waals surface area contributed by atoms with Crippen molar-refractivity contribution in [3.8, 4) is 0 Å². The van der Waals surface area contributed by atoms with E-state index in [-0.39, 0.29) is 12.1 Å². The monoisotopic (exact) mass is 289 g/mol. The number of nitrogens with zero attached hydrogens (tertiary/aromatic N) is 3. The first-order valence-corrected chi connectivity index (χ1v) is 7.18. The number of benzene rings is 1. The second kappa shape index (κ2) is 5.63. The highest BCUT2D eigenvalue weighted by atomic mass is 16.5. The van der Waals surface area contributed by atoms with Gasteiger partial charge in [-0.05, 0) is 18.1 Å². The largest absolute Gasteiger partial charge is 0.453 e. The van der Waals surface area contributed by atoms with E-state index < -0.39 is 0 Å². The van der Waals surface area contributed by atoms with Crippen molar-refractivity contribution in [3.05, 3.63) is 29.8 Å². The highest BCUT2D eigenvalue weighted by molar-refractivity contribution is 5.94. The van der Waals surface area contributed by atoms with E-state index in [4.69, 9.17) is 4.74 Å². The lowest BCUT2D eigenvalue weighted by Crippen LogP contribution is -2.54. The van der Waals surface area contributed by atoms with E-state index in [0.717, 1.165) is 18.7 Å². The lowest BCUT2D eigenvalue weighted by Gasteiger charge is -2.36. The average Bonchev–Trinajstić information content (AvgIpc) is 2.97. The van der Waals surface area contributed by atoms with Crippen molar-refractivity contribution in [2.45, 2.75) is 6.42 Å². The summed E-state index contributed by atoms with van der Waals surface area (Å²) < 4.78 is 4.70. The topological polar surface area (TPSA) is 53.1 Å². The quantitative estimate of drug-likeness (QED) is 0.728. The summed E-state index contributed by atoms with van der Waals surface area (Å²) in [5.41, 5.74) is 2.23. The first-order valence-electron chi connectivity index (χ1n) is 7.18. The third-order valence-electron chi connectivity index (χ3n) is 4.10. The van der Waals surface area contributed by atoms with Gasteiger partial charge in [0.25, 0.3) is 0 Å². The molecule has 0 aliphatic carbocycles. The zero-order valence-corrected chi connectivity index (χ0v) is 12.1. The van der Waals surface area contributed by atoms with Crippen LogP contribution < -0.4 is 4.90 Å². The number of para-hydroxylation sites is 1. The molecule has 3 rings (SSSR count). The van der Waals surface area contributed by atoms with E-state index in [1.54, 1.807) is 4.90 Å². The molecular weight excluding hydrogens is 270 g/mol. The number of urea groups is 1. The summed E-state index contributed by atoms with van der Waals surface area (Å²) in [4.78, 5) is 29.3. The Labute approximate surface area is 123 Å². The van der Waals surface area contributed by atoms with Crippen LogP contribution in [0.15, 0.2) is 24.3 Å². The molecule has 1 aromatic rings. The second-order valence-electron chi connectivity index (χ2n) is 5.26. The summed E-state index contributed by atoms with van der Waals surface area (Å²) in [5.74, 6) is 0. The van der Waals surface area contributed by atoms with Crippen LogP contribution in [0, 0.1) is 0 Å². The Hall–Kier alpha value is -2.24. The summed E-state index contributed by atoms with van der Waals surface area (Å²) >= 11 is 0. The first kappa shape index (κ1) is 13.7. The third-order valence-corrected chi connectivity index (χ3v) is 4.10. The van der Waals surface area contributed by atoms with Crippen LogP contribution in [0.2, 0.25) is 0 Å². The van der Waals surface area contributed by atoms with Crippen LogP contribution in [0.4, 0.5) is 15.3 Å². The van der Waals surface area contributed by atoms with Crippen molar-refractivity contribution < 1.29 is 14.3 Å². The van der Waals surface area contributed by atoms with Gasteiger partial charge in [0.1, 0.15) is 0 Å². The minimum atomic E-state index is -0.325. The van der Waals surface area contributed by atoms with Gasteiger partial charge in [0.15, 0.2) is 0 Å². The van der Waals surface area contributed by atoms with E-state index in [1.165, 1.54) is 12.7 Å². The molecule has 21 heavy (non-hydrogen) atoms. The minimum Gasteiger partial charge on any atom is -0.453 e. The van der Waals surface area contributed by atoms with Crippen molar-refractivity contribution in [3.63, 3.8) is 0 Å². The highest BCUT2D eigenvalue weighted by Gasteiger charge is 2.31. The van der Waals surface area contributed by atoms with Gasteiger partial charge in [-0.1, -0.05) is 18.2 Å². The predicted molar refractivity (Wildman–Crippen MR) is 78.4 cm³/mol. The molecule has 1 aromatic carbocycles. The van der Waals surface area contributed by atoms with Crippen LogP contribution >= 0.6 is 0 Å². The fourth-order valence-electron chi connectivity index (χ4n) is 2.92. The number of carbonyl (C=O) groups excluding carboxylic acids is 2. The first-order chi connectivity index (χ1) is 10.2. The Morgan fingerprint density at radius 3 is 2.38 bits per heavy atom. The molecule has 6 heteroatoms. The highest BCUT2D eigenvalue weighted by Crippen LogP contribution is 2.28. The predicted octanol–water partition coefficient (Wildman–Crippen LogP) is 1.55. The third kappa shape index (κ3) is 2.53. The SMILES string of the molecule is COC(=O)N1CCN(C(=O)N2CCc3ccccc32)CC1. The molecule has 0 bridgehead atoms. The summed E-state index contributed by atoms with van der Waals surface area (Å²) in [6, 6.07) is 8.05. The lowest BCUT2D eigenvalue weighted by atomic mass is 10.2. The van der Waals surface area contributed by atoms with Crippen molar-refractivity contribution in [1.29, 1.82) is 0 Å². The summed E-state index contributed by atoms with van der Waals surface area (Å²) in [7, 11) is 1.38. The molecule has 2 aliphatic heterocycles. The molecule has 6 nitrogen and oxygen atoms in total. The number of piperazine rings is 1. The minimum absolute atomic E-state index is 0.0319. The van der Waals surface area contributed by atoms with Crippen molar-refractivity contribution in [1.82, 2.24) is 9.80 Å². The molecule has 0 radical (unpaired) electrons. The van der Waals surface area contributed by atoms with E-state index in [0.29, 0.717) is 26.2 Å². The second-order valence-corrected chi connectivity index (χ2v) is 5.26. The molecule has 0 spiro atoms. The van der Waals surface area contributed by atoms with Crippen LogP contribution in [0.3, 0.4) is 0 Å². The number of anilines is 1. The van der Waals surface area contributed by atoms with E-state index in [9.17, 15) is 9.59 Å². The molecular formula is C15H19N3O3. The van der Waals surface area contributed by atoms with Crippen molar-refractivity contribution >= 4 is 17.8 Å². The molecule has 1 fully saturated rings. The number of methoxy groups -OCH3 is 1. The summed E-state index contributed by atoms with van der Waals surface area (Å²) in [6.45, 7) is 2.87. The Morgan fingerprint density at radius 1 is 1.00 bits per heavy atom. The number of hydrogen-bond donors (Lipinski definition) is 0. The fraction of sp³-hybridized carbons (Fsp3) is 0.467. The zero-order chi connectivity index (χ0) is 14.8. The number of rotatable bonds is 0. The van der Waals surface area contributed by atoms with Crippen LogP contribution in [0.1, 0.15) is 5.56 Å². The van der Waals surface area contributed by atoms with Gasteiger partial charge in [-0.2, -0.15) is 0 Å². The van der Waals surface area contributed by atoms with Gasteiger partial charge in [0, 0.05) is 38.4 Å². The Kier molecular flexibility index (Phi) is 3.68. The van der Waals surface area contributed by atoms with Gasteiger partial charge in [-0.15, -0.1) is 0 Å². The normalized spacial score (nSPS) is 17.7. The number of carbonyl (C=O) groups is 2. The molecule has 2 heterocycles. The van der Waals surface area contributed by atoms with Gasteiger partial charge >= 0.3 is 12.1 Å². The van der Waals surface area contributed by atoms with Crippen molar-refractivity contribution in [2.75, 3.05) is 44.7 Å². The van der Waals surface area contributed by atoms with E-state index in [1.807, 2.05) is 28.0 Å². The molecule has 1 saturated heterocycles. The van der Waals surface area contributed by atoms with Gasteiger partial charge < -0.3 is 14.5 Å². The fourth-order valence-corrected chi connectivity index (χ4v) is 2.92. The zero-order valence-electron chi connectivity index (χ0n) is 12.1. The number of fused-ring (bicyclic) bond motifs is 1. The molecule has 0 aromatic heterocycles. The number of amides is 3. The average molecular weight is 289 g/mol. The maximum absolute atomic E-state index is 12.6. The number of hydrogen-bond acceptors (Lipinski definition) is 3. The number of ether oxygens (including phenoxy) is 1. The van der Waals surface area contributed by atoms with Crippen molar-refractivity contribution in [2.24, 2.45) is 0 Å². The van der Waals surface area contributed by atoms with Gasteiger partial charge in [0.05, 0.1) is 7.11 Å². The van der Waals surface area contributed by atoms with E-state index >= 15 is 0 Å². The summed E-state index contributed by atoms with van der Waals surface area (Å²) in [6.07, 6.45) is 0.581. The van der Waals surface area contributed by atoms with E-state index in [2.05, 4.69) is 6.07 Å². The molecule has 0 unspecified atom stereocenters. The van der Waals surface area contributed by atoms with Gasteiger partial charge in [0.2, 0.25) is 0 Å². The Morgan fingerprint density at radius 2 is 1.67 bits per heavy atom. The van der Waals surface area contributed by atoms with Crippen LogP contribution in [0.25, 0.3) is 0 Å². The maximum Gasteiger partial charge on any atom is 0.409 e. The molecule has 112 valence electrons.